The van der Waals surface area contributed by atoms with Crippen molar-refractivity contribution in [1.29, 1.82) is 0 Å². The average Bonchev–Trinajstić information content (AvgIpc) is 0.770. The molecule has 0 heterocycles. The molecule has 626 valence electrons. The van der Waals surface area contributed by atoms with Crippen molar-refractivity contribution in [2.75, 3.05) is 0 Å². The monoisotopic (exact) mass is 2100 g/mol. The van der Waals surface area contributed by atoms with E-state index in [0.717, 1.165) is 133 Å². The maximum atomic E-state index is 3.93. The van der Waals surface area contributed by atoms with Crippen molar-refractivity contribution in [3.8, 4) is 0 Å². The molecule has 12 aromatic carbocycles. The van der Waals surface area contributed by atoms with Crippen molar-refractivity contribution in [1.82, 2.24) is 0 Å². The fourth-order valence-electron chi connectivity index (χ4n) is 19.7. The Kier molecular flexibility index (Phi) is 35.2. The van der Waals surface area contributed by atoms with Crippen LogP contribution in [-0.4, -0.2) is 0 Å². The molecule has 0 nitrogen and oxygen atoms in total. The molecule has 0 N–H and O–H groups in total. The van der Waals surface area contributed by atoms with E-state index in [2.05, 4.69) is 474 Å². The van der Waals surface area contributed by atoms with Crippen LogP contribution in [0.1, 0.15) is 265 Å². The van der Waals surface area contributed by atoms with Crippen LogP contribution in [0.2, 0.25) is 0 Å². The minimum atomic E-state index is -0.322. The number of rotatable bonds is 43. The molecule has 0 aliphatic heterocycles. The summed E-state index contributed by atoms with van der Waals surface area (Å²) >= 11 is 31.4. The smallest absolute Gasteiger partial charge is 0.0283 e. The van der Waals surface area contributed by atoms with E-state index in [9.17, 15) is 0 Å². The minimum Gasteiger partial charge on any atom is -0.0876 e. The lowest BCUT2D eigenvalue weighted by Gasteiger charge is -2.39. The Morgan fingerprint density at radius 2 is 0.350 bits per heavy atom. The van der Waals surface area contributed by atoms with E-state index in [1.54, 1.807) is 0 Å². The first-order valence-electron chi connectivity index (χ1n) is 43.9. The second-order valence-corrected chi connectivity index (χ2v) is 39.7. The molecule has 0 fully saturated rings. The second-order valence-electron chi connectivity index (χ2n) is 35.2. The van der Waals surface area contributed by atoms with Crippen molar-refractivity contribution in [2.24, 2.45) is 23.7 Å². The SMILES string of the molecule is CCC(C)CC(Cc1cccc(C(CCC(c2cccc(CC(CC(C)CC)(c3cccc(CBr)c3)c3cccc(CBr)c3)c2)c2cccc(CC(CC(C)CC)(c3cccc(CBr)c3)c3cccc(CBr)c3)c2)c2cccc(CC(CC(C)CC)(c3cccc(CBr)c3)c3cccc(CBr)c3)c2)c1)(c1cccc(CBr)c1)c1cccc(CBr)c1. The van der Waals surface area contributed by atoms with E-state index >= 15 is 0 Å². The molecule has 0 amide bonds. The predicted molar refractivity (Wildman–Crippen MR) is 545 cm³/mol. The van der Waals surface area contributed by atoms with Crippen molar-refractivity contribution in [3.05, 3.63) is 425 Å². The maximum absolute atomic E-state index is 3.93. The van der Waals surface area contributed by atoms with Crippen LogP contribution in [0.3, 0.4) is 0 Å². The minimum absolute atomic E-state index is 0.0202. The molecule has 8 heteroatoms. The quantitative estimate of drug-likeness (QED) is 0.0334. The average molecular weight is 2110 g/mol. The van der Waals surface area contributed by atoms with Crippen molar-refractivity contribution in [3.63, 3.8) is 0 Å². The maximum Gasteiger partial charge on any atom is 0.0283 e. The third kappa shape index (κ3) is 22.8. The van der Waals surface area contributed by atoms with Crippen LogP contribution in [0.15, 0.2) is 291 Å². The van der Waals surface area contributed by atoms with Crippen molar-refractivity contribution in [2.45, 2.75) is 221 Å². The molecule has 12 rings (SSSR count). The number of alkyl halides is 8. The molecule has 0 aliphatic rings. The fourth-order valence-corrected chi connectivity index (χ4v) is 22.5. The second kappa shape index (κ2) is 45.1. The fraction of sp³-hybridized carbons (Fsp3) is 0.357. The van der Waals surface area contributed by atoms with Gasteiger partial charge < -0.3 is 0 Å². The lowest BCUT2D eigenvalue weighted by molar-refractivity contribution is 0.368. The van der Waals surface area contributed by atoms with Crippen molar-refractivity contribution >= 4 is 127 Å². The van der Waals surface area contributed by atoms with Gasteiger partial charge in [-0.2, -0.15) is 0 Å². The van der Waals surface area contributed by atoms with Gasteiger partial charge in [-0.1, -0.05) is 500 Å². The first kappa shape index (κ1) is 93.6. The lowest BCUT2D eigenvalue weighted by Crippen LogP contribution is -2.33. The van der Waals surface area contributed by atoms with E-state index in [0.29, 0.717) is 23.7 Å². The number of hydrogen-bond donors (Lipinski definition) is 0. The van der Waals surface area contributed by atoms with E-state index in [-0.39, 0.29) is 33.5 Å². The number of hydrogen-bond acceptors (Lipinski definition) is 0. The van der Waals surface area contributed by atoms with Crippen molar-refractivity contribution < 1.29 is 0 Å². The van der Waals surface area contributed by atoms with Gasteiger partial charge in [0.05, 0.1) is 0 Å². The molecule has 4 unspecified atom stereocenters. The third-order valence-electron chi connectivity index (χ3n) is 26.8. The van der Waals surface area contributed by atoms with Gasteiger partial charge in [0, 0.05) is 76.1 Å². The molecule has 120 heavy (non-hydrogen) atoms. The van der Waals surface area contributed by atoms with Gasteiger partial charge in [-0.25, -0.2) is 0 Å². The lowest BCUT2D eigenvalue weighted by atomic mass is 9.64. The normalized spacial score (nSPS) is 13.7. The van der Waals surface area contributed by atoms with E-state index < -0.39 is 0 Å². The molecule has 0 spiro atoms. The summed E-state index contributed by atoms with van der Waals surface area (Å²) in [6.45, 7) is 19.4. The standard InChI is InChI=1S/C112H122Br8/c1-9-79(5)63-109(99-41-17-29-87(55-99)71-113,100-42-18-30-88(56-100)72-114)67-83-25-13-37-95(51-83)107(96-38-14-26-84(52-96)68-110(64-80(6)10-2,101-43-19-31-89(57-101)73-115)102-44-20-32-90(58-102)74-116)49-50-108(97-39-15-27-85(53-97)69-111(65-81(7)11-3,103-45-21-33-91(59-103)75-117)104-46-22-34-92(60-104)76-118)98-40-16-28-86(54-98)70-112(66-82(8)12-4,105-47-23-35-93(61-105)77-119)106-48-24-36-94(62-106)78-120/h13-48,51-62,79-82,107-108H,9-12,49-50,63-78H2,1-8H3. The molecular weight excluding hydrogens is 1980 g/mol. The Labute approximate surface area is 789 Å². The predicted octanol–water partition coefficient (Wildman–Crippen LogP) is 34.5. The third-order valence-corrected chi connectivity index (χ3v) is 32.0. The first-order valence-corrected chi connectivity index (χ1v) is 52.9. The molecule has 0 bridgehead atoms. The van der Waals surface area contributed by atoms with E-state index in [4.69, 9.17) is 0 Å². The summed E-state index contributed by atoms with van der Waals surface area (Å²) in [7, 11) is 0. The van der Waals surface area contributed by atoms with Gasteiger partial charge in [0.1, 0.15) is 0 Å². The zero-order valence-corrected chi connectivity index (χ0v) is 84.4. The highest BCUT2D eigenvalue weighted by atomic mass is 79.9. The van der Waals surface area contributed by atoms with E-state index in [1.807, 2.05) is 0 Å². The van der Waals surface area contributed by atoms with Gasteiger partial charge >= 0.3 is 0 Å². The molecular formula is C112H122Br8. The van der Waals surface area contributed by atoms with Gasteiger partial charge in [-0.05, 0) is 221 Å². The van der Waals surface area contributed by atoms with Gasteiger partial charge in [0.25, 0.3) is 0 Å². The van der Waals surface area contributed by atoms with Gasteiger partial charge in [0.15, 0.2) is 0 Å². The number of halogens is 8. The Balaban J connectivity index is 1.09. The van der Waals surface area contributed by atoms with Gasteiger partial charge in [-0.3, -0.25) is 0 Å². The van der Waals surface area contributed by atoms with Crippen LogP contribution in [-0.2, 0) is 90.0 Å². The molecule has 0 aliphatic carbocycles. The molecule has 4 atom stereocenters. The molecule has 0 saturated carbocycles. The Morgan fingerprint density at radius 1 is 0.200 bits per heavy atom. The Morgan fingerprint density at radius 3 is 0.500 bits per heavy atom. The van der Waals surface area contributed by atoms with Gasteiger partial charge in [0.2, 0.25) is 0 Å². The summed E-state index contributed by atoms with van der Waals surface area (Å²) in [5.74, 6) is 1.91. The summed E-state index contributed by atoms with van der Waals surface area (Å²) in [5.41, 5.74) is 31.1. The van der Waals surface area contributed by atoms with Crippen LogP contribution in [0.4, 0.5) is 0 Å². The highest BCUT2D eigenvalue weighted by molar-refractivity contribution is 9.09. The summed E-state index contributed by atoms with van der Waals surface area (Å²) in [5, 5.41) is 6.39. The van der Waals surface area contributed by atoms with E-state index in [1.165, 1.54) is 134 Å². The summed E-state index contributed by atoms with van der Waals surface area (Å²) in [6.07, 6.45) is 13.7. The zero-order valence-electron chi connectivity index (χ0n) is 71.8. The molecule has 0 saturated heterocycles. The summed E-state index contributed by atoms with van der Waals surface area (Å²) in [4.78, 5) is 0. The zero-order chi connectivity index (χ0) is 84.8. The first-order chi connectivity index (χ1) is 58.3. The van der Waals surface area contributed by atoms with Crippen LogP contribution in [0.25, 0.3) is 0 Å². The highest BCUT2D eigenvalue weighted by Crippen LogP contribution is 2.50. The van der Waals surface area contributed by atoms with Crippen LogP contribution < -0.4 is 0 Å². The van der Waals surface area contributed by atoms with Gasteiger partial charge in [-0.15, -0.1) is 0 Å². The van der Waals surface area contributed by atoms with Crippen LogP contribution in [0.5, 0.6) is 0 Å². The largest absolute Gasteiger partial charge is 0.0876 e. The van der Waals surface area contributed by atoms with Crippen LogP contribution in [0, 0.1) is 23.7 Å². The summed E-state index contributed by atoms with van der Waals surface area (Å²) < 4.78 is 0. The molecule has 12 aromatic rings. The Hall–Kier alpha value is -5.52. The molecule has 0 radical (unpaired) electrons. The topological polar surface area (TPSA) is 0 Å². The Bertz CT molecular complexity index is 4430. The number of benzene rings is 12. The molecule has 0 aromatic heterocycles. The highest BCUT2D eigenvalue weighted by Gasteiger charge is 2.42. The van der Waals surface area contributed by atoms with Crippen LogP contribution >= 0.6 is 127 Å². The summed E-state index contributed by atoms with van der Waals surface area (Å²) in [6, 6.07) is 116.